The van der Waals surface area contributed by atoms with E-state index in [1.54, 1.807) is 42.5 Å². The van der Waals surface area contributed by atoms with E-state index in [1.165, 1.54) is 6.07 Å². The van der Waals surface area contributed by atoms with Gasteiger partial charge in [-0.3, -0.25) is 4.79 Å². The first-order valence-corrected chi connectivity index (χ1v) is 6.55. The average Bonchev–Trinajstić information content (AvgIpc) is 2.45. The lowest BCUT2D eigenvalue weighted by Gasteiger charge is -2.10. The van der Waals surface area contributed by atoms with E-state index in [1.807, 2.05) is 0 Å². The van der Waals surface area contributed by atoms with E-state index in [-0.39, 0.29) is 23.7 Å². The van der Waals surface area contributed by atoms with Gasteiger partial charge in [-0.2, -0.15) is 0 Å². The van der Waals surface area contributed by atoms with E-state index in [0.717, 1.165) is 0 Å². The lowest BCUT2D eigenvalue weighted by molar-refractivity contribution is -0.114. The first-order valence-electron chi connectivity index (χ1n) is 6.18. The Balaban J connectivity index is 1.98. The van der Waals surface area contributed by atoms with Crippen LogP contribution in [0.1, 0.15) is 10.4 Å². The molecule has 108 valence electrons. The number of aromatic carboxylic acids is 1. The molecule has 0 aliphatic rings. The van der Waals surface area contributed by atoms with Crippen LogP contribution in [0.5, 0.6) is 0 Å². The normalized spacial score (nSPS) is 9.95. The van der Waals surface area contributed by atoms with Gasteiger partial charge in [-0.25, -0.2) is 4.79 Å². The third kappa shape index (κ3) is 4.22. The van der Waals surface area contributed by atoms with E-state index in [4.69, 9.17) is 16.7 Å². The molecule has 3 N–H and O–H groups in total. The van der Waals surface area contributed by atoms with Crippen molar-refractivity contribution in [2.24, 2.45) is 0 Å². The summed E-state index contributed by atoms with van der Waals surface area (Å²) < 4.78 is 0. The highest BCUT2D eigenvalue weighted by Gasteiger charge is 2.11. The summed E-state index contributed by atoms with van der Waals surface area (Å²) in [6.07, 6.45) is 0. The van der Waals surface area contributed by atoms with Gasteiger partial charge in [0.05, 0.1) is 17.8 Å². The molecule has 0 aliphatic heterocycles. The SMILES string of the molecule is O=C(CNc1cccc(Cl)c1)Nc1ccccc1C(=O)O. The Morgan fingerprint density at radius 3 is 2.57 bits per heavy atom. The van der Waals surface area contributed by atoms with E-state index >= 15 is 0 Å². The van der Waals surface area contributed by atoms with Crippen LogP contribution >= 0.6 is 11.6 Å². The number of carbonyl (C=O) groups is 2. The molecular formula is C15H13ClN2O3. The molecule has 2 aromatic carbocycles. The number of carboxylic acid groups (broad SMARTS) is 1. The minimum atomic E-state index is -1.09. The molecule has 5 nitrogen and oxygen atoms in total. The molecule has 0 aliphatic carbocycles. The number of nitrogens with one attached hydrogen (secondary N) is 2. The van der Waals surface area contributed by atoms with Crippen LogP contribution in [0.2, 0.25) is 5.02 Å². The van der Waals surface area contributed by atoms with Crippen molar-refractivity contribution in [3.05, 3.63) is 59.1 Å². The molecular weight excluding hydrogens is 292 g/mol. The molecule has 0 unspecified atom stereocenters. The van der Waals surface area contributed by atoms with Crippen molar-refractivity contribution in [2.75, 3.05) is 17.2 Å². The number of rotatable bonds is 5. The van der Waals surface area contributed by atoms with E-state index in [2.05, 4.69) is 10.6 Å². The zero-order chi connectivity index (χ0) is 15.2. The van der Waals surface area contributed by atoms with E-state index in [0.29, 0.717) is 10.7 Å². The second kappa shape index (κ2) is 6.76. The maximum atomic E-state index is 11.8. The lowest BCUT2D eigenvalue weighted by atomic mass is 10.2. The molecule has 2 rings (SSSR count). The van der Waals surface area contributed by atoms with Crippen molar-refractivity contribution in [2.45, 2.75) is 0 Å². The van der Waals surface area contributed by atoms with Gasteiger partial charge in [0.25, 0.3) is 0 Å². The van der Waals surface area contributed by atoms with Gasteiger partial charge in [-0.15, -0.1) is 0 Å². The Labute approximate surface area is 126 Å². The van der Waals surface area contributed by atoms with Crippen LogP contribution in [0.25, 0.3) is 0 Å². The number of hydrogen-bond acceptors (Lipinski definition) is 3. The quantitative estimate of drug-likeness (QED) is 0.793. The third-order valence-corrected chi connectivity index (χ3v) is 2.94. The molecule has 0 bridgehead atoms. The molecule has 6 heteroatoms. The summed E-state index contributed by atoms with van der Waals surface area (Å²) in [5, 5.41) is 15.1. The largest absolute Gasteiger partial charge is 0.478 e. The van der Waals surface area contributed by atoms with Gasteiger partial charge in [0.15, 0.2) is 0 Å². The smallest absolute Gasteiger partial charge is 0.337 e. The Morgan fingerprint density at radius 1 is 1.10 bits per heavy atom. The second-order valence-corrected chi connectivity index (χ2v) is 4.70. The fourth-order valence-corrected chi connectivity index (χ4v) is 1.94. The van der Waals surface area contributed by atoms with Gasteiger partial charge in [-0.1, -0.05) is 29.8 Å². The molecule has 21 heavy (non-hydrogen) atoms. The number of benzene rings is 2. The fraction of sp³-hybridized carbons (Fsp3) is 0.0667. The van der Waals surface area contributed by atoms with Crippen LogP contribution in [-0.4, -0.2) is 23.5 Å². The fourth-order valence-electron chi connectivity index (χ4n) is 1.75. The number of para-hydroxylation sites is 1. The minimum Gasteiger partial charge on any atom is -0.478 e. The highest BCUT2D eigenvalue weighted by molar-refractivity contribution is 6.30. The third-order valence-electron chi connectivity index (χ3n) is 2.71. The highest BCUT2D eigenvalue weighted by Crippen LogP contribution is 2.16. The predicted molar refractivity (Wildman–Crippen MR) is 82.0 cm³/mol. The molecule has 0 saturated carbocycles. The van der Waals surface area contributed by atoms with Crippen LogP contribution in [-0.2, 0) is 4.79 Å². The number of carbonyl (C=O) groups excluding carboxylic acids is 1. The molecule has 0 aromatic heterocycles. The Morgan fingerprint density at radius 2 is 1.86 bits per heavy atom. The van der Waals surface area contributed by atoms with Gasteiger partial charge in [0.2, 0.25) is 5.91 Å². The number of hydrogen-bond donors (Lipinski definition) is 3. The molecule has 1 amide bonds. The Bertz CT molecular complexity index is 673. The van der Waals surface area contributed by atoms with Gasteiger partial charge in [0.1, 0.15) is 0 Å². The first-order chi connectivity index (χ1) is 10.1. The number of halogens is 1. The van der Waals surface area contributed by atoms with Crippen LogP contribution in [0.15, 0.2) is 48.5 Å². The van der Waals surface area contributed by atoms with E-state index in [9.17, 15) is 9.59 Å². The number of carboxylic acids is 1. The molecule has 0 saturated heterocycles. The zero-order valence-electron chi connectivity index (χ0n) is 11.0. The number of amides is 1. The minimum absolute atomic E-state index is 0.00823. The van der Waals surface area contributed by atoms with Crippen molar-refractivity contribution in [3.63, 3.8) is 0 Å². The van der Waals surface area contributed by atoms with Crippen molar-refractivity contribution in [1.82, 2.24) is 0 Å². The summed E-state index contributed by atoms with van der Waals surface area (Å²) in [5.41, 5.74) is 1.03. The maximum absolute atomic E-state index is 11.8. The van der Waals surface area contributed by atoms with E-state index < -0.39 is 5.97 Å². The molecule has 0 atom stereocenters. The second-order valence-electron chi connectivity index (χ2n) is 4.26. The summed E-state index contributed by atoms with van der Waals surface area (Å²) >= 11 is 5.84. The maximum Gasteiger partial charge on any atom is 0.337 e. The standard InChI is InChI=1S/C15H13ClN2O3/c16-10-4-3-5-11(8-10)17-9-14(19)18-13-7-2-1-6-12(13)15(20)21/h1-8,17H,9H2,(H,18,19)(H,20,21). The van der Waals surface area contributed by atoms with Crippen LogP contribution in [0.3, 0.4) is 0 Å². The summed E-state index contributed by atoms with van der Waals surface area (Å²) in [5.74, 6) is -1.43. The Kier molecular flexibility index (Phi) is 4.79. The lowest BCUT2D eigenvalue weighted by Crippen LogP contribution is -2.22. The molecule has 0 fully saturated rings. The van der Waals surface area contributed by atoms with Crippen molar-refractivity contribution >= 4 is 34.9 Å². The van der Waals surface area contributed by atoms with Crippen molar-refractivity contribution < 1.29 is 14.7 Å². The average molecular weight is 305 g/mol. The Hall–Kier alpha value is -2.53. The molecule has 0 heterocycles. The summed E-state index contributed by atoms with van der Waals surface area (Å²) in [6.45, 7) is 0.00823. The van der Waals surface area contributed by atoms with Gasteiger partial charge >= 0.3 is 5.97 Å². The summed E-state index contributed by atoms with van der Waals surface area (Å²) in [7, 11) is 0. The topological polar surface area (TPSA) is 78.4 Å². The number of anilines is 2. The zero-order valence-corrected chi connectivity index (χ0v) is 11.7. The molecule has 0 spiro atoms. The van der Waals surface area contributed by atoms with Gasteiger partial charge < -0.3 is 15.7 Å². The van der Waals surface area contributed by atoms with Crippen LogP contribution in [0, 0.1) is 0 Å². The first kappa shape index (κ1) is 14.9. The summed E-state index contributed by atoms with van der Waals surface area (Å²) in [4.78, 5) is 22.9. The highest BCUT2D eigenvalue weighted by atomic mass is 35.5. The van der Waals surface area contributed by atoms with Crippen LogP contribution < -0.4 is 10.6 Å². The van der Waals surface area contributed by atoms with Crippen molar-refractivity contribution in [1.29, 1.82) is 0 Å². The predicted octanol–water partition coefficient (Wildman–Crippen LogP) is 3.09. The monoisotopic (exact) mass is 304 g/mol. The van der Waals surface area contributed by atoms with Gasteiger partial charge in [-0.05, 0) is 30.3 Å². The van der Waals surface area contributed by atoms with Crippen molar-refractivity contribution in [3.8, 4) is 0 Å². The molecule has 2 aromatic rings. The summed E-state index contributed by atoms with van der Waals surface area (Å²) in [6, 6.07) is 13.2. The molecule has 0 radical (unpaired) electrons. The van der Waals surface area contributed by atoms with Crippen LogP contribution in [0.4, 0.5) is 11.4 Å². The van der Waals surface area contributed by atoms with Gasteiger partial charge in [0, 0.05) is 10.7 Å².